The summed E-state index contributed by atoms with van der Waals surface area (Å²) in [5.41, 5.74) is 1.31. The average molecular weight is 373 g/mol. The van der Waals surface area contributed by atoms with E-state index in [-0.39, 0.29) is 0 Å². The second-order valence-corrected chi connectivity index (χ2v) is 7.55. The third-order valence-corrected chi connectivity index (χ3v) is 5.81. The fourth-order valence-electron chi connectivity index (χ4n) is 2.67. The van der Waals surface area contributed by atoms with Gasteiger partial charge in [-0.05, 0) is 42.7 Å². The number of benzene rings is 2. The number of rotatable bonds is 8. The summed E-state index contributed by atoms with van der Waals surface area (Å²) in [6.07, 6.45) is 6.61. The van der Waals surface area contributed by atoms with E-state index in [4.69, 9.17) is 16.3 Å². The molecule has 0 bridgehead atoms. The molecule has 0 aliphatic heterocycles. The zero-order valence-electron chi connectivity index (χ0n) is 14.1. The molecule has 0 aliphatic rings. The van der Waals surface area contributed by atoms with Gasteiger partial charge in [-0.3, -0.25) is 0 Å². The predicted molar refractivity (Wildman–Crippen MR) is 105 cm³/mol. The van der Waals surface area contributed by atoms with Crippen LogP contribution >= 0.6 is 23.4 Å². The molecule has 1 N–H and O–H groups in total. The van der Waals surface area contributed by atoms with Crippen LogP contribution in [0.2, 0.25) is 5.02 Å². The fourth-order valence-corrected chi connectivity index (χ4v) is 4.11. The van der Waals surface area contributed by atoms with Crippen LogP contribution in [-0.4, -0.2) is 22.3 Å². The number of imidazole rings is 1. The Labute approximate surface area is 157 Å². The molecular weight excluding hydrogens is 352 g/mol. The highest BCUT2D eigenvalue weighted by molar-refractivity contribution is 8.00. The maximum absolute atomic E-state index is 6.34. The van der Waals surface area contributed by atoms with Crippen LogP contribution in [0.4, 0.5) is 0 Å². The van der Waals surface area contributed by atoms with E-state index in [2.05, 4.69) is 28.2 Å². The molecule has 1 heterocycles. The number of hydrogen-bond acceptors (Lipinski definition) is 3. The monoisotopic (exact) mass is 372 g/mol. The van der Waals surface area contributed by atoms with Gasteiger partial charge in [0.2, 0.25) is 0 Å². The van der Waals surface area contributed by atoms with Crippen molar-refractivity contribution in [3.05, 3.63) is 77.3 Å². The van der Waals surface area contributed by atoms with E-state index in [1.807, 2.05) is 48.3 Å². The summed E-state index contributed by atoms with van der Waals surface area (Å²) in [5, 5.41) is 1.20. The Kier molecular flexibility index (Phi) is 6.42. The average Bonchev–Trinajstić information content (AvgIpc) is 3.15. The number of aryl methyl sites for hydroxylation is 1. The number of thioether (sulfide) groups is 1. The summed E-state index contributed by atoms with van der Waals surface area (Å²) in [6.45, 7) is 0. The van der Waals surface area contributed by atoms with Gasteiger partial charge < -0.3 is 9.72 Å². The molecule has 0 radical (unpaired) electrons. The van der Waals surface area contributed by atoms with Crippen LogP contribution in [0.3, 0.4) is 0 Å². The fraction of sp³-hybridized carbons (Fsp3) is 0.250. The first kappa shape index (κ1) is 17.9. The van der Waals surface area contributed by atoms with Gasteiger partial charge in [0.05, 0.1) is 12.1 Å². The zero-order valence-corrected chi connectivity index (χ0v) is 15.7. The molecule has 1 aromatic heterocycles. The van der Waals surface area contributed by atoms with Gasteiger partial charge in [0.25, 0.3) is 0 Å². The highest BCUT2D eigenvalue weighted by Gasteiger charge is 2.15. The van der Waals surface area contributed by atoms with Gasteiger partial charge in [-0.2, -0.15) is 0 Å². The summed E-state index contributed by atoms with van der Waals surface area (Å²) >= 11 is 8.17. The molecule has 0 spiro atoms. The van der Waals surface area contributed by atoms with E-state index in [1.165, 1.54) is 5.56 Å². The molecule has 1 atom stereocenters. The van der Waals surface area contributed by atoms with Gasteiger partial charge >= 0.3 is 0 Å². The molecule has 1 unspecified atom stereocenters. The lowest BCUT2D eigenvalue weighted by atomic mass is 10.1. The minimum atomic E-state index is 0.396. The summed E-state index contributed by atoms with van der Waals surface area (Å²) in [4.78, 5) is 8.71. The first-order chi connectivity index (χ1) is 12.2. The molecule has 0 saturated heterocycles. The Balaban J connectivity index is 1.68. The molecule has 2 aromatic carbocycles. The lowest BCUT2D eigenvalue weighted by molar-refractivity contribution is 0.414. The van der Waals surface area contributed by atoms with E-state index in [1.54, 1.807) is 13.3 Å². The van der Waals surface area contributed by atoms with E-state index in [9.17, 15) is 0 Å². The second-order valence-electron chi connectivity index (χ2n) is 5.80. The highest BCUT2D eigenvalue weighted by atomic mass is 35.5. The van der Waals surface area contributed by atoms with Crippen molar-refractivity contribution in [1.29, 1.82) is 0 Å². The molecule has 3 aromatic rings. The number of nitrogens with one attached hydrogen (secondary N) is 1. The normalized spacial score (nSPS) is 12.1. The van der Waals surface area contributed by atoms with Gasteiger partial charge in [0.1, 0.15) is 11.6 Å². The molecule has 0 saturated carbocycles. The lowest BCUT2D eigenvalue weighted by Crippen LogP contribution is -2.10. The van der Waals surface area contributed by atoms with Crippen molar-refractivity contribution in [1.82, 2.24) is 9.97 Å². The van der Waals surface area contributed by atoms with Crippen molar-refractivity contribution < 1.29 is 4.74 Å². The quantitative estimate of drug-likeness (QED) is 0.537. The van der Waals surface area contributed by atoms with Crippen LogP contribution < -0.4 is 4.74 Å². The Hall–Kier alpha value is -1.91. The maximum Gasteiger partial charge on any atom is 0.118 e. The van der Waals surface area contributed by atoms with E-state index < -0.39 is 0 Å². The van der Waals surface area contributed by atoms with Gasteiger partial charge in [0, 0.05) is 29.0 Å². The van der Waals surface area contributed by atoms with Gasteiger partial charge in [0.15, 0.2) is 0 Å². The number of ether oxygens (including phenoxy) is 1. The Morgan fingerprint density at radius 3 is 2.64 bits per heavy atom. The number of aromatic nitrogens is 2. The molecular formula is C20H21ClN2OS. The van der Waals surface area contributed by atoms with Crippen molar-refractivity contribution in [2.75, 3.05) is 7.11 Å². The summed E-state index contributed by atoms with van der Waals surface area (Å²) in [7, 11) is 1.69. The maximum atomic E-state index is 6.34. The number of nitrogens with zero attached hydrogens (tertiary/aromatic N) is 1. The van der Waals surface area contributed by atoms with Crippen molar-refractivity contribution in [3.8, 4) is 5.75 Å². The van der Waals surface area contributed by atoms with Crippen molar-refractivity contribution >= 4 is 23.4 Å². The Bertz CT molecular complexity index is 775. The first-order valence-electron chi connectivity index (χ1n) is 8.27. The van der Waals surface area contributed by atoms with Crippen molar-refractivity contribution in [2.45, 2.75) is 29.4 Å². The van der Waals surface area contributed by atoms with Crippen molar-refractivity contribution in [2.24, 2.45) is 0 Å². The second kappa shape index (κ2) is 8.97. The van der Waals surface area contributed by atoms with Gasteiger partial charge in [-0.15, -0.1) is 11.8 Å². The molecule has 0 amide bonds. The topological polar surface area (TPSA) is 37.9 Å². The van der Waals surface area contributed by atoms with Crippen LogP contribution in [-0.2, 0) is 12.8 Å². The molecule has 3 nitrogen and oxygen atoms in total. The Morgan fingerprint density at radius 2 is 1.96 bits per heavy atom. The van der Waals surface area contributed by atoms with Gasteiger partial charge in [-0.25, -0.2) is 4.98 Å². The summed E-state index contributed by atoms with van der Waals surface area (Å²) in [6, 6.07) is 16.3. The standard InChI is InChI=1S/C20H21ClN2OS/c1-24-16-9-6-15(7-10-16)8-11-17(14-20-22-12-13-23-20)25-19-5-3-2-4-18(19)21/h2-7,9-10,12-13,17H,8,11,14H2,1H3,(H,22,23). The number of H-pyrrole nitrogens is 1. The molecule has 0 fully saturated rings. The third kappa shape index (κ3) is 5.28. The summed E-state index contributed by atoms with van der Waals surface area (Å²) < 4.78 is 5.23. The van der Waals surface area contributed by atoms with Crippen LogP contribution in [0.5, 0.6) is 5.75 Å². The van der Waals surface area contributed by atoms with E-state index in [0.29, 0.717) is 5.25 Å². The van der Waals surface area contributed by atoms with Crippen molar-refractivity contribution in [3.63, 3.8) is 0 Å². The van der Waals surface area contributed by atoms with E-state index in [0.717, 1.165) is 40.8 Å². The number of halogens is 1. The lowest BCUT2D eigenvalue weighted by Gasteiger charge is -2.16. The largest absolute Gasteiger partial charge is 0.497 e. The molecule has 3 rings (SSSR count). The van der Waals surface area contributed by atoms with Crippen LogP contribution in [0.15, 0.2) is 65.8 Å². The SMILES string of the molecule is COc1ccc(CCC(Cc2ncc[nH]2)Sc2ccccc2Cl)cc1. The number of methoxy groups -OCH3 is 1. The first-order valence-corrected chi connectivity index (χ1v) is 9.52. The zero-order chi connectivity index (χ0) is 17.5. The van der Waals surface area contributed by atoms with Crippen LogP contribution in [0, 0.1) is 0 Å². The smallest absolute Gasteiger partial charge is 0.118 e. The molecule has 130 valence electrons. The van der Waals surface area contributed by atoms with E-state index >= 15 is 0 Å². The van der Waals surface area contributed by atoms with Crippen LogP contribution in [0.1, 0.15) is 17.8 Å². The molecule has 25 heavy (non-hydrogen) atoms. The molecule has 5 heteroatoms. The minimum Gasteiger partial charge on any atom is -0.497 e. The number of hydrogen-bond donors (Lipinski definition) is 1. The summed E-state index contributed by atoms with van der Waals surface area (Å²) in [5.74, 6) is 1.90. The predicted octanol–water partition coefficient (Wildman–Crippen LogP) is 5.41. The number of aromatic amines is 1. The minimum absolute atomic E-state index is 0.396. The van der Waals surface area contributed by atoms with Gasteiger partial charge in [-0.1, -0.05) is 35.9 Å². The van der Waals surface area contributed by atoms with Crippen LogP contribution in [0.25, 0.3) is 0 Å². The third-order valence-electron chi connectivity index (χ3n) is 4.02. The highest BCUT2D eigenvalue weighted by Crippen LogP contribution is 2.33. The Morgan fingerprint density at radius 1 is 1.16 bits per heavy atom. The molecule has 0 aliphatic carbocycles.